The quantitative estimate of drug-likeness (QED) is 0.773. The van der Waals surface area contributed by atoms with Gasteiger partial charge in [-0.2, -0.15) is 5.10 Å². The zero-order valence-corrected chi connectivity index (χ0v) is 11.1. The Morgan fingerprint density at radius 3 is 2.81 bits per heavy atom. The average Bonchev–Trinajstić information content (AvgIpc) is 3.04. The molecule has 0 radical (unpaired) electrons. The van der Waals surface area contributed by atoms with Gasteiger partial charge in [-0.3, -0.25) is 0 Å². The van der Waals surface area contributed by atoms with Crippen molar-refractivity contribution < 1.29 is 9.50 Å². The molecular weight excluding hydrogens is 271 g/mol. The third-order valence-corrected chi connectivity index (χ3v) is 3.04. The molecule has 3 aromatic rings. The van der Waals surface area contributed by atoms with Crippen molar-refractivity contribution in [3.05, 3.63) is 66.4 Å². The summed E-state index contributed by atoms with van der Waals surface area (Å²) in [7, 11) is 0. The molecule has 2 aromatic heterocycles. The molecule has 21 heavy (non-hydrogen) atoms. The lowest BCUT2D eigenvalue weighted by Gasteiger charge is -2.09. The van der Waals surface area contributed by atoms with E-state index < -0.39 is 5.82 Å². The van der Waals surface area contributed by atoms with E-state index in [2.05, 4.69) is 15.4 Å². The van der Waals surface area contributed by atoms with Gasteiger partial charge >= 0.3 is 0 Å². The minimum absolute atomic E-state index is 0.312. The Labute approximate surface area is 120 Å². The zero-order chi connectivity index (χ0) is 14.7. The predicted octanol–water partition coefficient (Wildman–Crippen LogP) is 2.72. The largest absolute Gasteiger partial charge is 0.505 e. The zero-order valence-electron chi connectivity index (χ0n) is 11.1. The SMILES string of the molecule is Oc1c(F)cccc1CNc1ccc(-n2cccn2)nc1. The van der Waals surface area contributed by atoms with Crippen LogP contribution in [0.5, 0.6) is 5.75 Å². The van der Waals surface area contributed by atoms with E-state index in [9.17, 15) is 9.50 Å². The number of anilines is 1. The number of hydrogen-bond donors (Lipinski definition) is 2. The summed E-state index contributed by atoms with van der Waals surface area (Å²) in [5, 5.41) is 16.8. The molecule has 1 aromatic carbocycles. The molecular formula is C15H13FN4O. The molecule has 0 aliphatic carbocycles. The second-order valence-electron chi connectivity index (χ2n) is 4.46. The van der Waals surface area contributed by atoms with E-state index in [-0.39, 0.29) is 5.75 Å². The third kappa shape index (κ3) is 2.84. The van der Waals surface area contributed by atoms with Gasteiger partial charge in [-0.1, -0.05) is 12.1 Å². The van der Waals surface area contributed by atoms with Crippen LogP contribution >= 0.6 is 0 Å². The third-order valence-electron chi connectivity index (χ3n) is 3.04. The van der Waals surface area contributed by atoms with E-state index >= 15 is 0 Å². The number of phenolic OH excluding ortho intramolecular Hbond substituents is 1. The van der Waals surface area contributed by atoms with Crippen molar-refractivity contribution in [2.24, 2.45) is 0 Å². The molecule has 0 saturated carbocycles. The minimum atomic E-state index is -0.624. The van der Waals surface area contributed by atoms with E-state index in [0.29, 0.717) is 17.9 Å². The number of aromatic nitrogens is 3. The lowest BCUT2D eigenvalue weighted by atomic mass is 10.2. The Bertz CT molecular complexity index is 726. The number of phenols is 1. The second kappa shape index (κ2) is 5.62. The van der Waals surface area contributed by atoms with Gasteiger partial charge in [0.05, 0.1) is 11.9 Å². The van der Waals surface area contributed by atoms with Gasteiger partial charge in [-0.05, 0) is 24.3 Å². The summed E-state index contributed by atoms with van der Waals surface area (Å²) in [5.41, 5.74) is 1.26. The summed E-state index contributed by atoms with van der Waals surface area (Å²) in [4.78, 5) is 4.27. The van der Waals surface area contributed by atoms with Crippen LogP contribution < -0.4 is 5.32 Å². The van der Waals surface area contributed by atoms with E-state index in [1.807, 2.05) is 18.2 Å². The maximum Gasteiger partial charge on any atom is 0.165 e. The molecule has 2 N–H and O–H groups in total. The molecule has 0 fully saturated rings. The van der Waals surface area contributed by atoms with Crippen LogP contribution in [-0.4, -0.2) is 19.9 Å². The maximum atomic E-state index is 13.2. The summed E-state index contributed by atoms with van der Waals surface area (Å²) in [6.45, 7) is 0.312. The average molecular weight is 284 g/mol. The number of rotatable bonds is 4. The minimum Gasteiger partial charge on any atom is -0.505 e. The molecule has 0 spiro atoms. The Kier molecular flexibility index (Phi) is 3.51. The van der Waals surface area contributed by atoms with Crippen molar-refractivity contribution in [2.45, 2.75) is 6.54 Å². The first-order valence-corrected chi connectivity index (χ1v) is 6.40. The van der Waals surface area contributed by atoms with Crippen LogP contribution in [0.2, 0.25) is 0 Å². The first-order chi connectivity index (χ1) is 10.2. The number of nitrogens with zero attached hydrogens (tertiary/aromatic N) is 3. The number of pyridine rings is 1. The number of halogens is 1. The first-order valence-electron chi connectivity index (χ1n) is 6.40. The van der Waals surface area contributed by atoms with Crippen LogP contribution in [0.1, 0.15) is 5.56 Å². The Hall–Kier alpha value is -2.89. The molecule has 0 atom stereocenters. The van der Waals surface area contributed by atoms with Crippen molar-refractivity contribution >= 4 is 5.69 Å². The van der Waals surface area contributed by atoms with Crippen LogP contribution in [0.15, 0.2) is 55.0 Å². The van der Waals surface area contributed by atoms with Gasteiger partial charge in [0.15, 0.2) is 17.4 Å². The highest BCUT2D eigenvalue weighted by atomic mass is 19.1. The number of nitrogens with one attached hydrogen (secondary N) is 1. The van der Waals surface area contributed by atoms with Crippen LogP contribution in [0.3, 0.4) is 0 Å². The van der Waals surface area contributed by atoms with Gasteiger partial charge in [0, 0.05) is 24.5 Å². The van der Waals surface area contributed by atoms with Crippen molar-refractivity contribution in [1.29, 1.82) is 0 Å². The standard InChI is InChI=1S/C15H13FN4O/c16-13-4-1-3-11(15(13)21)9-17-12-5-6-14(18-10-12)20-8-2-7-19-20/h1-8,10,17,21H,9H2. The van der Waals surface area contributed by atoms with E-state index in [1.54, 1.807) is 35.4 Å². The van der Waals surface area contributed by atoms with Crippen LogP contribution in [0.4, 0.5) is 10.1 Å². The Balaban J connectivity index is 1.70. The lowest BCUT2D eigenvalue weighted by molar-refractivity contribution is 0.427. The molecule has 106 valence electrons. The van der Waals surface area contributed by atoms with E-state index in [1.165, 1.54) is 6.07 Å². The van der Waals surface area contributed by atoms with Crippen molar-refractivity contribution in [3.63, 3.8) is 0 Å². The molecule has 0 unspecified atom stereocenters. The number of hydrogen-bond acceptors (Lipinski definition) is 4. The first kappa shape index (κ1) is 13.1. The Morgan fingerprint density at radius 1 is 1.19 bits per heavy atom. The molecule has 0 aliphatic rings. The highest BCUT2D eigenvalue weighted by Crippen LogP contribution is 2.21. The van der Waals surface area contributed by atoms with Gasteiger partial charge in [0.1, 0.15) is 0 Å². The van der Waals surface area contributed by atoms with Gasteiger partial charge < -0.3 is 10.4 Å². The van der Waals surface area contributed by atoms with Crippen LogP contribution in [-0.2, 0) is 6.54 Å². The molecule has 0 aliphatic heterocycles. The fourth-order valence-electron chi connectivity index (χ4n) is 1.93. The highest BCUT2D eigenvalue weighted by molar-refractivity contribution is 5.45. The topological polar surface area (TPSA) is 63.0 Å². The summed E-state index contributed by atoms with van der Waals surface area (Å²) in [5.74, 6) is -0.244. The van der Waals surface area contributed by atoms with Crippen molar-refractivity contribution in [1.82, 2.24) is 14.8 Å². The highest BCUT2D eigenvalue weighted by Gasteiger charge is 2.06. The maximum absolute atomic E-state index is 13.2. The predicted molar refractivity (Wildman–Crippen MR) is 76.8 cm³/mol. The number of para-hydroxylation sites is 1. The molecule has 0 bridgehead atoms. The Morgan fingerprint density at radius 2 is 2.10 bits per heavy atom. The van der Waals surface area contributed by atoms with Gasteiger partial charge in [0.2, 0.25) is 0 Å². The summed E-state index contributed by atoms with van der Waals surface area (Å²) in [6, 6.07) is 9.93. The second-order valence-corrected chi connectivity index (χ2v) is 4.46. The van der Waals surface area contributed by atoms with Gasteiger partial charge in [-0.25, -0.2) is 14.1 Å². The van der Waals surface area contributed by atoms with E-state index in [0.717, 1.165) is 5.69 Å². The van der Waals surface area contributed by atoms with Gasteiger partial charge in [-0.15, -0.1) is 0 Å². The molecule has 6 heteroatoms. The molecule has 0 saturated heterocycles. The monoisotopic (exact) mass is 284 g/mol. The number of benzene rings is 1. The summed E-state index contributed by atoms with van der Waals surface area (Å²) in [6.07, 6.45) is 5.15. The molecule has 5 nitrogen and oxygen atoms in total. The molecule has 2 heterocycles. The van der Waals surface area contributed by atoms with Crippen LogP contribution in [0.25, 0.3) is 5.82 Å². The molecule has 0 amide bonds. The summed E-state index contributed by atoms with van der Waals surface area (Å²) >= 11 is 0. The van der Waals surface area contributed by atoms with Crippen LogP contribution in [0, 0.1) is 5.82 Å². The summed E-state index contributed by atoms with van der Waals surface area (Å²) < 4.78 is 14.9. The molecule has 3 rings (SSSR count). The van der Waals surface area contributed by atoms with Crippen molar-refractivity contribution in [3.8, 4) is 11.6 Å². The van der Waals surface area contributed by atoms with Gasteiger partial charge in [0.25, 0.3) is 0 Å². The smallest absolute Gasteiger partial charge is 0.165 e. The fourth-order valence-corrected chi connectivity index (χ4v) is 1.93. The van der Waals surface area contributed by atoms with E-state index in [4.69, 9.17) is 0 Å². The number of aromatic hydroxyl groups is 1. The van der Waals surface area contributed by atoms with Crippen molar-refractivity contribution in [2.75, 3.05) is 5.32 Å². The normalized spacial score (nSPS) is 10.5. The fraction of sp³-hybridized carbons (Fsp3) is 0.0667. The lowest BCUT2D eigenvalue weighted by Crippen LogP contribution is -2.02.